The van der Waals surface area contributed by atoms with Gasteiger partial charge in [-0.1, -0.05) is 68.5 Å². The molecule has 0 bridgehead atoms. The lowest BCUT2D eigenvalue weighted by Gasteiger charge is -2.15. The fraction of sp³-hybridized carbons (Fsp3) is 0.226. The second-order valence-electron chi connectivity index (χ2n) is 8.51. The van der Waals surface area contributed by atoms with Crippen LogP contribution in [0.2, 0.25) is 0 Å². The van der Waals surface area contributed by atoms with Crippen LogP contribution in [0.5, 0.6) is 11.5 Å². The zero-order chi connectivity index (χ0) is 29.1. The number of amides is 1. The number of benzene rings is 3. The van der Waals surface area contributed by atoms with Gasteiger partial charge in [0.2, 0.25) is 0 Å². The lowest BCUT2D eigenvalue weighted by atomic mass is 10.00. The monoisotopic (exact) mass is 553 g/mol. The Morgan fingerprint density at radius 1 is 0.975 bits per heavy atom. The maximum Gasteiger partial charge on any atom is 0.573 e. The van der Waals surface area contributed by atoms with Gasteiger partial charge in [-0.05, 0) is 58.7 Å². The predicted octanol–water partition coefficient (Wildman–Crippen LogP) is 7.21. The lowest BCUT2D eigenvalue weighted by Crippen LogP contribution is -2.26. The molecule has 3 aromatic carbocycles. The molecule has 0 fully saturated rings. The largest absolute Gasteiger partial charge is 0.573 e. The third kappa shape index (κ3) is 8.76. The quantitative estimate of drug-likeness (QED) is 0.292. The number of fused-ring (bicyclic) bond motifs is 1. The van der Waals surface area contributed by atoms with Crippen LogP contribution in [0, 0.1) is 0 Å². The highest BCUT2D eigenvalue weighted by Crippen LogP contribution is 2.36. The number of carboxylic acid groups (broad SMARTS) is 1. The summed E-state index contributed by atoms with van der Waals surface area (Å²) in [7, 11) is 0. The molecule has 0 saturated carbocycles. The number of carbonyl (C=O) groups is 2. The molecule has 3 aromatic rings. The van der Waals surface area contributed by atoms with Crippen LogP contribution < -0.4 is 14.8 Å². The summed E-state index contributed by atoms with van der Waals surface area (Å²) in [5.41, 5.74) is 2.66. The standard InChI is InChI=1S/C29H24F3NO5.C2H6/c30-29(31,32)38-24-12-10-20(11-13-24)25-16-22-5-1-2-6-23(22)17-26(25)37-18-19-4-3-7-21(9-8-19)28(36)33-15-14-27(34)35;1-2/h1-3,5-13,16-17H,4,14-15,18H2,(H,33,36)(H,34,35);1-2H3. The first-order chi connectivity index (χ1) is 19.2. The number of alkyl halides is 3. The third-order valence-corrected chi connectivity index (χ3v) is 5.72. The van der Waals surface area contributed by atoms with Gasteiger partial charge in [0.25, 0.3) is 5.91 Å². The second-order valence-corrected chi connectivity index (χ2v) is 8.51. The molecule has 40 heavy (non-hydrogen) atoms. The van der Waals surface area contributed by atoms with Crippen LogP contribution in [-0.4, -0.2) is 36.5 Å². The highest BCUT2D eigenvalue weighted by Gasteiger charge is 2.31. The Labute approximate surface area is 230 Å². The zero-order valence-corrected chi connectivity index (χ0v) is 22.1. The molecule has 0 aliphatic heterocycles. The van der Waals surface area contributed by atoms with Crippen molar-refractivity contribution in [2.75, 3.05) is 13.2 Å². The molecule has 6 nitrogen and oxygen atoms in total. The van der Waals surface area contributed by atoms with Crippen LogP contribution in [0.4, 0.5) is 13.2 Å². The number of halogens is 3. The van der Waals surface area contributed by atoms with Crippen molar-refractivity contribution in [3.63, 3.8) is 0 Å². The smallest absolute Gasteiger partial charge is 0.489 e. The minimum absolute atomic E-state index is 0.0348. The molecular formula is C31H30F3NO5. The normalized spacial score (nSPS) is 12.8. The van der Waals surface area contributed by atoms with Crippen molar-refractivity contribution >= 4 is 22.6 Å². The van der Waals surface area contributed by atoms with Crippen LogP contribution in [0.3, 0.4) is 0 Å². The van der Waals surface area contributed by atoms with E-state index in [4.69, 9.17) is 9.84 Å². The Hall–Kier alpha value is -4.53. The molecule has 1 aliphatic carbocycles. The Bertz CT molecular complexity index is 1420. The summed E-state index contributed by atoms with van der Waals surface area (Å²) in [6, 6.07) is 17.1. The number of carboxylic acids is 1. The van der Waals surface area contributed by atoms with E-state index in [0.717, 1.165) is 16.3 Å². The van der Waals surface area contributed by atoms with Crippen LogP contribution in [0.15, 0.2) is 96.1 Å². The third-order valence-electron chi connectivity index (χ3n) is 5.72. The van der Waals surface area contributed by atoms with E-state index in [1.54, 1.807) is 30.4 Å². The summed E-state index contributed by atoms with van der Waals surface area (Å²) in [5, 5.41) is 13.2. The van der Waals surface area contributed by atoms with Gasteiger partial charge in [0.1, 0.15) is 18.1 Å². The van der Waals surface area contributed by atoms with Gasteiger partial charge in [-0.3, -0.25) is 9.59 Å². The molecule has 0 unspecified atom stereocenters. The molecular weight excluding hydrogens is 523 g/mol. The summed E-state index contributed by atoms with van der Waals surface area (Å²) >= 11 is 0. The Morgan fingerprint density at radius 2 is 1.65 bits per heavy atom. The van der Waals surface area contributed by atoms with Crippen LogP contribution in [0.25, 0.3) is 21.9 Å². The molecule has 0 atom stereocenters. The van der Waals surface area contributed by atoms with Crippen LogP contribution >= 0.6 is 0 Å². The van der Waals surface area contributed by atoms with Crippen molar-refractivity contribution < 1.29 is 37.3 Å². The van der Waals surface area contributed by atoms with Crippen molar-refractivity contribution in [2.45, 2.75) is 33.1 Å². The van der Waals surface area contributed by atoms with E-state index < -0.39 is 12.3 Å². The van der Waals surface area contributed by atoms with E-state index in [1.807, 2.05) is 56.3 Å². The van der Waals surface area contributed by atoms with Gasteiger partial charge in [-0.25, -0.2) is 0 Å². The number of hydrogen-bond acceptors (Lipinski definition) is 4. The number of nitrogens with one attached hydrogen (secondary N) is 1. The molecule has 210 valence electrons. The first kappa shape index (κ1) is 30.0. The number of hydrogen-bond donors (Lipinski definition) is 2. The van der Waals surface area contributed by atoms with E-state index in [2.05, 4.69) is 10.1 Å². The molecule has 2 N–H and O–H groups in total. The van der Waals surface area contributed by atoms with E-state index in [0.29, 0.717) is 28.9 Å². The highest BCUT2D eigenvalue weighted by molar-refractivity contribution is 5.96. The Morgan fingerprint density at radius 3 is 2.30 bits per heavy atom. The average Bonchev–Trinajstić information content (AvgIpc) is 3.18. The number of allylic oxidation sites excluding steroid dienone is 3. The molecule has 0 spiro atoms. The summed E-state index contributed by atoms with van der Waals surface area (Å²) in [5.74, 6) is -1.11. The first-order valence-corrected chi connectivity index (χ1v) is 12.8. The molecule has 1 aliphatic rings. The molecule has 9 heteroatoms. The first-order valence-electron chi connectivity index (χ1n) is 12.8. The van der Waals surface area contributed by atoms with E-state index in [9.17, 15) is 22.8 Å². The fourth-order valence-electron chi connectivity index (χ4n) is 3.88. The van der Waals surface area contributed by atoms with E-state index >= 15 is 0 Å². The van der Waals surface area contributed by atoms with Gasteiger partial charge in [0.15, 0.2) is 0 Å². The zero-order valence-electron chi connectivity index (χ0n) is 22.1. The van der Waals surface area contributed by atoms with Gasteiger partial charge in [-0.15, -0.1) is 13.2 Å². The number of rotatable bonds is 9. The van der Waals surface area contributed by atoms with Crippen molar-refractivity contribution in [2.24, 2.45) is 0 Å². The lowest BCUT2D eigenvalue weighted by molar-refractivity contribution is -0.274. The maximum atomic E-state index is 12.6. The predicted molar refractivity (Wildman–Crippen MR) is 148 cm³/mol. The van der Waals surface area contributed by atoms with Crippen molar-refractivity contribution in [3.05, 3.63) is 96.1 Å². The molecule has 0 saturated heterocycles. The van der Waals surface area contributed by atoms with E-state index in [1.165, 1.54) is 12.1 Å². The molecule has 0 heterocycles. The Kier molecular flexibility index (Phi) is 10.5. The van der Waals surface area contributed by atoms with Crippen molar-refractivity contribution in [1.29, 1.82) is 0 Å². The Balaban J connectivity index is 0.00000216. The number of ether oxygens (including phenoxy) is 2. The fourth-order valence-corrected chi connectivity index (χ4v) is 3.88. The molecule has 4 rings (SSSR count). The van der Waals surface area contributed by atoms with Gasteiger partial charge < -0.3 is 19.9 Å². The second kappa shape index (κ2) is 14.0. The molecule has 0 aromatic heterocycles. The minimum Gasteiger partial charge on any atom is -0.489 e. The summed E-state index contributed by atoms with van der Waals surface area (Å²) in [6.45, 7) is 4.25. The van der Waals surface area contributed by atoms with Gasteiger partial charge >= 0.3 is 12.3 Å². The topological polar surface area (TPSA) is 84.9 Å². The van der Waals surface area contributed by atoms with E-state index in [-0.39, 0.29) is 31.2 Å². The van der Waals surface area contributed by atoms with Gasteiger partial charge in [0, 0.05) is 17.7 Å². The van der Waals surface area contributed by atoms with Gasteiger partial charge in [0.05, 0.1) is 6.42 Å². The van der Waals surface area contributed by atoms with Crippen LogP contribution in [0.1, 0.15) is 26.7 Å². The summed E-state index contributed by atoms with van der Waals surface area (Å²) in [6.07, 6.45) is 2.54. The summed E-state index contributed by atoms with van der Waals surface area (Å²) < 4.78 is 47.9. The SMILES string of the molecule is CC.O=C(O)CCNC(=O)C1=CC=C(COc2cc3ccccc3cc2-c2ccc(OC(F)(F)F)cc2)CC=C1. The summed E-state index contributed by atoms with van der Waals surface area (Å²) in [4.78, 5) is 22.9. The molecule has 1 amide bonds. The highest BCUT2D eigenvalue weighted by atomic mass is 19.4. The minimum atomic E-state index is -4.77. The number of carbonyl (C=O) groups excluding carboxylic acids is 1. The molecule has 0 radical (unpaired) electrons. The maximum absolute atomic E-state index is 12.6. The van der Waals surface area contributed by atoms with Crippen molar-refractivity contribution in [1.82, 2.24) is 5.32 Å². The average molecular weight is 554 g/mol. The van der Waals surface area contributed by atoms with Gasteiger partial charge in [-0.2, -0.15) is 0 Å². The van der Waals surface area contributed by atoms with Crippen molar-refractivity contribution in [3.8, 4) is 22.6 Å². The number of aliphatic carboxylic acids is 1. The van der Waals surface area contributed by atoms with Crippen LogP contribution in [-0.2, 0) is 9.59 Å².